The van der Waals surface area contributed by atoms with Crippen molar-refractivity contribution >= 4 is 11.6 Å². The van der Waals surface area contributed by atoms with E-state index in [1.54, 1.807) is 13.8 Å². The van der Waals surface area contributed by atoms with Gasteiger partial charge in [0, 0.05) is 29.8 Å². The van der Waals surface area contributed by atoms with E-state index < -0.39 is 28.9 Å². The number of rotatable bonds is 3. The van der Waals surface area contributed by atoms with Gasteiger partial charge in [-0.25, -0.2) is 13.2 Å². The van der Waals surface area contributed by atoms with Gasteiger partial charge in [0.15, 0.2) is 17.5 Å². The van der Waals surface area contributed by atoms with Gasteiger partial charge in [-0.15, -0.1) is 0 Å². The fourth-order valence-corrected chi connectivity index (χ4v) is 1.25. The average Bonchev–Trinajstić information content (AvgIpc) is 2.10. The molecule has 0 aliphatic rings. The Hall–Kier alpha value is -1.56. The van der Waals surface area contributed by atoms with Crippen LogP contribution in [0.3, 0.4) is 0 Å². The van der Waals surface area contributed by atoms with Crippen molar-refractivity contribution in [3.8, 4) is 0 Å². The van der Waals surface area contributed by atoms with Crippen LogP contribution < -0.4 is 11.1 Å². The van der Waals surface area contributed by atoms with Crippen molar-refractivity contribution in [2.75, 3.05) is 5.32 Å². The maximum absolute atomic E-state index is 12.8. The van der Waals surface area contributed by atoms with E-state index in [0.29, 0.717) is 12.1 Å². The summed E-state index contributed by atoms with van der Waals surface area (Å²) in [5, 5.41) is 2.24. The number of carbonyl (C=O) groups is 1. The van der Waals surface area contributed by atoms with Crippen LogP contribution in [0.25, 0.3) is 0 Å². The quantitative estimate of drug-likeness (QED) is 0.803. The van der Waals surface area contributed by atoms with Gasteiger partial charge in [0.05, 0.1) is 0 Å². The van der Waals surface area contributed by atoms with Crippen LogP contribution in [0.4, 0.5) is 18.9 Å². The lowest BCUT2D eigenvalue weighted by Gasteiger charge is -2.17. The molecule has 0 radical (unpaired) electrons. The van der Waals surface area contributed by atoms with Gasteiger partial charge in [0.25, 0.3) is 0 Å². The predicted molar refractivity (Wildman–Crippen MR) is 57.8 cm³/mol. The topological polar surface area (TPSA) is 55.1 Å². The zero-order valence-electron chi connectivity index (χ0n) is 9.48. The van der Waals surface area contributed by atoms with E-state index in [0.717, 1.165) is 0 Å². The van der Waals surface area contributed by atoms with Gasteiger partial charge < -0.3 is 11.1 Å². The first kappa shape index (κ1) is 13.5. The van der Waals surface area contributed by atoms with E-state index in [1.807, 2.05) is 0 Å². The molecule has 0 heterocycles. The molecule has 0 aromatic heterocycles. The summed E-state index contributed by atoms with van der Waals surface area (Å²) in [4.78, 5) is 11.4. The minimum absolute atomic E-state index is 0.0202. The molecule has 94 valence electrons. The van der Waals surface area contributed by atoms with E-state index in [9.17, 15) is 18.0 Å². The third kappa shape index (κ3) is 4.07. The molecule has 1 rings (SSSR count). The molecule has 0 fully saturated rings. The smallest absolute Gasteiger partial charge is 0.226 e. The number of benzene rings is 1. The first-order valence-electron chi connectivity index (χ1n) is 4.92. The summed E-state index contributed by atoms with van der Waals surface area (Å²) in [5.74, 6) is -4.77. The first-order chi connectivity index (χ1) is 7.69. The van der Waals surface area contributed by atoms with Crippen LogP contribution in [0.5, 0.6) is 0 Å². The number of halogens is 3. The van der Waals surface area contributed by atoms with Gasteiger partial charge in [-0.2, -0.15) is 0 Å². The third-order valence-electron chi connectivity index (χ3n) is 1.88. The number of carbonyl (C=O) groups excluding carboxylic acids is 1. The van der Waals surface area contributed by atoms with Gasteiger partial charge >= 0.3 is 0 Å². The maximum Gasteiger partial charge on any atom is 0.226 e. The Balaban J connectivity index is 2.79. The molecule has 6 heteroatoms. The van der Waals surface area contributed by atoms with Crippen molar-refractivity contribution in [3.05, 3.63) is 29.6 Å². The summed E-state index contributed by atoms with van der Waals surface area (Å²) in [5.41, 5.74) is 4.73. The van der Waals surface area contributed by atoms with Gasteiger partial charge in [0.1, 0.15) is 0 Å². The lowest BCUT2D eigenvalue weighted by molar-refractivity contribution is -0.117. The molecule has 0 bridgehead atoms. The Bertz CT molecular complexity index is 418. The summed E-state index contributed by atoms with van der Waals surface area (Å²) >= 11 is 0. The van der Waals surface area contributed by atoms with E-state index in [1.165, 1.54) is 0 Å². The molecule has 1 amide bonds. The highest BCUT2D eigenvalue weighted by Gasteiger charge is 2.17. The Labute approximate surface area is 96.8 Å². The van der Waals surface area contributed by atoms with Gasteiger partial charge in [0.2, 0.25) is 5.91 Å². The van der Waals surface area contributed by atoms with Crippen LogP contribution in [0.1, 0.15) is 20.3 Å². The van der Waals surface area contributed by atoms with E-state index in [2.05, 4.69) is 5.32 Å². The number of nitrogens with one attached hydrogen (secondary N) is 1. The molecule has 0 saturated heterocycles. The highest BCUT2D eigenvalue weighted by molar-refractivity contribution is 5.91. The first-order valence-corrected chi connectivity index (χ1v) is 4.92. The molecule has 0 aliphatic heterocycles. The summed E-state index contributed by atoms with van der Waals surface area (Å²) in [6, 6.07) is 1.42. The van der Waals surface area contributed by atoms with Crippen molar-refractivity contribution in [2.24, 2.45) is 5.73 Å². The number of hydrogen-bond acceptors (Lipinski definition) is 2. The van der Waals surface area contributed by atoms with Crippen LogP contribution >= 0.6 is 0 Å². The third-order valence-corrected chi connectivity index (χ3v) is 1.88. The Morgan fingerprint density at radius 3 is 2.18 bits per heavy atom. The van der Waals surface area contributed by atoms with Gasteiger partial charge in [-0.05, 0) is 13.8 Å². The van der Waals surface area contributed by atoms with Crippen molar-refractivity contribution in [1.29, 1.82) is 0 Å². The molecule has 17 heavy (non-hydrogen) atoms. The zero-order chi connectivity index (χ0) is 13.2. The van der Waals surface area contributed by atoms with E-state index in [4.69, 9.17) is 5.73 Å². The fourth-order valence-electron chi connectivity index (χ4n) is 1.25. The number of anilines is 1. The standard InChI is InChI=1S/C11H13F3N2O/c1-11(2,15)5-9(17)16-6-3-7(12)10(14)8(13)4-6/h3-4H,5,15H2,1-2H3,(H,16,17). The summed E-state index contributed by atoms with van der Waals surface area (Å²) in [6.07, 6.45) is -0.0202. The lowest BCUT2D eigenvalue weighted by atomic mass is 10.0. The molecular weight excluding hydrogens is 233 g/mol. The molecule has 0 saturated carbocycles. The monoisotopic (exact) mass is 246 g/mol. The van der Waals surface area contributed by atoms with E-state index >= 15 is 0 Å². The summed E-state index contributed by atoms with van der Waals surface area (Å²) < 4.78 is 38.3. The minimum Gasteiger partial charge on any atom is -0.326 e. The van der Waals surface area contributed by atoms with Crippen molar-refractivity contribution in [3.63, 3.8) is 0 Å². The van der Waals surface area contributed by atoms with E-state index in [-0.39, 0.29) is 12.1 Å². The van der Waals surface area contributed by atoms with Crippen LogP contribution in [0, 0.1) is 17.5 Å². The number of amides is 1. The van der Waals surface area contributed by atoms with Crippen LogP contribution in [0.15, 0.2) is 12.1 Å². The molecule has 0 unspecified atom stereocenters. The molecule has 0 atom stereocenters. The molecule has 0 spiro atoms. The normalized spacial score (nSPS) is 11.4. The zero-order valence-corrected chi connectivity index (χ0v) is 9.48. The largest absolute Gasteiger partial charge is 0.326 e. The molecular formula is C11H13F3N2O. The molecule has 3 nitrogen and oxygen atoms in total. The molecule has 1 aromatic carbocycles. The fraction of sp³-hybridized carbons (Fsp3) is 0.364. The van der Waals surface area contributed by atoms with Crippen molar-refractivity contribution in [2.45, 2.75) is 25.8 Å². The van der Waals surface area contributed by atoms with Crippen molar-refractivity contribution < 1.29 is 18.0 Å². The summed E-state index contributed by atoms with van der Waals surface area (Å²) in [7, 11) is 0. The minimum atomic E-state index is -1.57. The highest BCUT2D eigenvalue weighted by atomic mass is 19.2. The van der Waals surface area contributed by atoms with Crippen LogP contribution in [-0.2, 0) is 4.79 Å². The molecule has 0 aliphatic carbocycles. The van der Waals surface area contributed by atoms with Gasteiger partial charge in [-0.3, -0.25) is 4.79 Å². The second-order valence-corrected chi connectivity index (χ2v) is 4.47. The molecule has 3 N–H and O–H groups in total. The number of hydrogen-bond donors (Lipinski definition) is 2. The lowest BCUT2D eigenvalue weighted by Crippen LogP contribution is -2.36. The second kappa shape index (κ2) is 4.75. The highest BCUT2D eigenvalue weighted by Crippen LogP contribution is 2.18. The summed E-state index contributed by atoms with van der Waals surface area (Å²) in [6.45, 7) is 3.27. The maximum atomic E-state index is 12.8. The van der Waals surface area contributed by atoms with Crippen LogP contribution in [-0.4, -0.2) is 11.4 Å². The predicted octanol–water partition coefficient (Wildman–Crippen LogP) is 2.17. The second-order valence-electron chi connectivity index (χ2n) is 4.47. The van der Waals surface area contributed by atoms with Gasteiger partial charge in [-0.1, -0.05) is 0 Å². The number of nitrogens with two attached hydrogens (primary N) is 1. The Kier molecular flexibility index (Phi) is 3.77. The average molecular weight is 246 g/mol. The SMILES string of the molecule is CC(C)(N)CC(=O)Nc1cc(F)c(F)c(F)c1. The molecule has 1 aromatic rings. The Morgan fingerprint density at radius 2 is 1.76 bits per heavy atom. The Morgan fingerprint density at radius 1 is 1.29 bits per heavy atom. The van der Waals surface area contributed by atoms with Crippen molar-refractivity contribution in [1.82, 2.24) is 0 Å². The van der Waals surface area contributed by atoms with Crippen LogP contribution in [0.2, 0.25) is 0 Å².